The third-order valence-electron chi connectivity index (χ3n) is 8.71. The van der Waals surface area contributed by atoms with E-state index in [4.69, 9.17) is 0 Å². The third-order valence-corrected chi connectivity index (χ3v) is 12.9. The summed E-state index contributed by atoms with van der Waals surface area (Å²) in [6, 6.07) is 5.33. The highest BCUT2D eigenvalue weighted by atomic mass is 32.2. The lowest BCUT2D eigenvalue weighted by atomic mass is 9.76. The van der Waals surface area contributed by atoms with Crippen LogP contribution in [0, 0.1) is 11.2 Å². The second-order valence-electron chi connectivity index (χ2n) is 11.3. The van der Waals surface area contributed by atoms with Crippen LogP contribution in [-0.2, 0) is 34.9 Å². The summed E-state index contributed by atoms with van der Waals surface area (Å²) in [5.74, 6) is -1.80. The minimum atomic E-state index is -6.39. The van der Waals surface area contributed by atoms with Gasteiger partial charge >= 0.3 is 18.0 Å². The SMILES string of the molecule is CCCC1(C(=O)N2CC[C@](c3ccc(C(F)(C(F)(F)F)C(F)(F)F)cc3)(S(=O)(=O)c3ccc(F)cc3)C2)CCS(=O)(=O)CC1. The van der Waals surface area contributed by atoms with Crippen LogP contribution < -0.4 is 0 Å². The molecule has 1 atom stereocenters. The van der Waals surface area contributed by atoms with E-state index < -0.39 is 76.6 Å². The Morgan fingerprint density at radius 3 is 1.86 bits per heavy atom. The standard InChI is InChI=1S/C28H29F8NO5S2/c1-2-11-24(13-16-43(39,40)17-14-24)23(38)37-15-12-25(18-37,44(41,42)22-9-7-21(29)8-10-22)19-3-5-20(6-4-19)26(30,27(31,32)33)28(34,35)36/h3-10H,2,11-18H2,1H3/t25-/m0/s1. The van der Waals surface area contributed by atoms with Crippen molar-refractivity contribution in [1.29, 1.82) is 0 Å². The first kappa shape index (κ1) is 34.1. The summed E-state index contributed by atoms with van der Waals surface area (Å²) in [5.41, 5.74) is -8.98. The van der Waals surface area contributed by atoms with Gasteiger partial charge in [-0.3, -0.25) is 4.79 Å². The van der Waals surface area contributed by atoms with E-state index in [2.05, 4.69) is 0 Å². The topological polar surface area (TPSA) is 88.6 Å². The zero-order valence-electron chi connectivity index (χ0n) is 23.3. The highest BCUT2D eigenvalue weighted by molar-refractivity contribution is 7.92. The Balaban J connectivity index is 1.82. The van der Waals surface area contributed by atoms with Gasteiger partial charge in [-0.05, 0) is 55.5 Å². The fraction of sp³-hybridized carbons (Fsp3) is 0.536. The minimum Gasteiger partial charge on any atom is -0.340 e. The lowest BCUT2D eigenvalue weighted by Gasteiger charge is -2.39. The predicted molar refractivity (Wildman–Crippen MR) is 143 cm³/mol. The van der Waals surface area contributed by atoms with E-state index >= 15 is 0 Å². The molecule has 1 amide bonds. The van der Waals surface area contributed by atoms with Gasteiger partial charge < -0.3 is 4.90 Å². The third kappa shape index (κ3) is 5.60. The molecular formula is C28H29F8NO5S2. The maximum Gasteiger partial charge on any atom is 0.435 e. The number of carbonyl (C=O) groups excluding carboxylic acids is 1. The van der Waals surface area contributed by atoms with Gasteiger partial charge in [0.05, 0.1) is 21.8 Å². The first-order chi connectivity index (χ1) is 20.2. The maximum absolute atomic E-state index is 14.7. The van der Waals surface area contributed by atoms with E-state index in [0.717, 1.165) is 24.3 Å². The van der Waals surface area contributed by atoms with E-state index in [1.54, 1.807) is 6.92 Å². The van der Waals surface area contributed by atoms with Gasteiger partial charge in [0.1, 0.15) is 20.4 Å². The van der Waals surface area contributed by atoms with Crippen molar-refractivity contribution < 1.29 is 56.8 Å². The van der Waals surface area contributed by atoms with Crippen molar-refractivity contribution in [2.24, 2.45) is 5.41 Å². The monoisotopic (exact) mass is 675 g/mol. The fourth-order valence-electron chi connectivity index (χ4n) is 6.21. The van der Waals surface area contributed by atoms with Crippen LogP contribution in [0.1, 0.15) is 50.2 Å². The summed E-state index contributed by atoms with van der Waals surface area (Å²) in [6.45, 7) is 1.01. The molecule has 2 aliphatic rings. The van der Waals surface area contributed by atoms with Gasteiger partial charge in [-0.2, -0.15) is 26.3 Å². The summed E-state index contributed by atoms with van der Waals surface area (Å²) in [7, 11) is -8.00. The Labute approximate surface area is 249 Å². The van der Waals surface area contributed by atoms with Gasteiger partial charge in [0.2, 0.25) is 5.91 Å². The Morgan fingerprint density at radius 1 is 0.864 bits per heavy atom. The Morgan fingerprint density at radius 2 is 1.39 bits per heavy atom. The van der Waals surface area contributed by atoms with Gasteiger partial charge in [-0.15, -0.1) is 0 Å². The molecule has 0 bridgehead atoms. The number of rotatable bonds is 7. The molecule has 0 radical (unpaired) electrons. The molecule has 0 aromatic heterocycles. The molecule has 0 saturated carbocycles. The number of carbonyl (C=O) groups is 1. The molecule has 2 heterocycles. The number of amides is 1. The minimum absolute atomic E-state index is 0.00160. The van der Waals surface area contributed by atoms with Crippen molar-refractivity contribution in [3.05, 3.63) is 65.5 Å². The molecule has 6 nitrogen and oxygen atoms in total. The molecule has 2 saturated heterocycles. The molecule has 0 spiro atoms. The summed E-state index contributed by atoms with van der Waals surface area (Å²) in [6.07, 6.45) is -12.3. The van der Waals surface area contributed by atoms with Crippen LogP contribution in [0.2, 0.25) is 0 Å². The highest BCUT2D eigenvalue weighted by Crippen LogP contribution is 2.54. The van der Waals surface area contributed by atoms with Gasteiger partial charge in [0.15, 0.2) is 9.84 Å². The van der Waals surface area contributed by atoms with Crippen molar-refractivity contribution in [2.75, 3.05) is 24.6 Å². The molecule has 4 rings (SSSR count). The summed E-state index contributed by atoms with van der Waals surface area (Å²) < 4.78 is 159. The van der Waals surface area contributed by atoms with E-state index in [0.29, 0.717) is 25.0 Å². The zero-order valence-corrected chi connectivity index (χ0v) is 24.9. The number of hydrogen-bond donors (Lipinski definition) is 0. The first-order valence-electron chi connectivity index (χ1n) is 13.6. The van der Waals surface area contributed by atoms with Gasteiger partial charge in [0, 0.05) is 18.7 Å². The summed E-state index contributed by atoms with van der Waals surface area (Å²) in [4.78, 5) is 14.7. The molecule has 16 heteroatoms. The normalized spacial score (nSPS) is 22.6. The Bertz CT molecular complexity index is 1580. The van der Waals surface area contributed by atoms with Gasteiger partial charge in [-0.1, -0.05) is 37.6 Å². The van der Waals surface area contributed by atoms with Crippen molar-refractivity contribution in [3.63, 3.8) is 0 Å². The summed E-state index contributed by atoms with van der Waals surface area (Å²) >= 11 is 0. The largest absolute Gasteiger partial charge is 0.435 e. The summed E-state index contributed by atoms with van der Waals surface area (Å²) in [5, 5.41) is 0. The fourth-order valence-corrected chi connectivity index (χ4v) is 9.90. The molecule has 2 aliphatic heterocycles. The number of nitrogens with zero attached hydrogens (tertiary/aromatic N) is 1. The second kappa shape index (κ2) is 11.2. The van der Waals surface area contributed by atoms with Crippen LogP contribution in [0.3, 0.4) is 0 Å². The zero-order chi connectivity index (χ0) is 33.0. The maximum atomic E-state index is 14.7. The number of benzene rings is 2. The molecule has 0 N–H and O–H groups in total. The van der Waals surface area contributed by atoms with Gasteiger partial charge in [0.25, 0.3) is 0 Å². The average molecular weight is 676 g/mol. The van der Waals surface area contributed by atoms with Crippen molar-refractivity contribution >= 4 is 25.6 Å². The van der Waals surface area contributed by atoms with Crippen molar-refractivity contribution in [3.8, 4) is 0 Å². The number of halogens is 8. The van der Waals surface area contributed by atoms with E-state index in [1.807, 2.05) is 0 Å². The average Bonchev–Trinajstić information content (AvgIpc) is 3.40. The molecule has 2 aromatic rings. The smallest absolute Gasteiger partial charge is 0.340 e. The Hall–Kier alpha value is -2.75. The van der Waals surface area contributed by atoms with Crippen molar-refractivity contribution in [2.45, 2.75) is 66.7 Å². The second-order valence-corrected chi connectivity index (χ2v) is 15.9. The van der Waals surface area contributed by atoms with Crippen LogP contribution in [0.5, 0.6) is 0 Å². The van der Waals surface area contributed by atoms with E-state index in [1.165, 1.54) is 4.90 Å². The number of hydrogen-bond acceptors (Lipinski definition) is 5. The molecule has 0 aliphatic carbocycles. The van der Waals surface area contributed by atoms with E-state index in [9.17, 15) is 56.8 Å². The van der Waals surface area contributed by atoms with Crippen molar-refractivity contribution in [1.82, 2.24) is 4.90 Å². The quantitative estimate of drug-likeness (QED) is 0.265. The molecule has 0 unspecified atom stereocenters. The molecule has 2 fully saturated rings. The van der Waals surface area contributed by atoms with Crippen LogP contribution >= 0.6 is 0 Å². The predicted octanol–water partition coefficient (Wildman–Crippen LogP) is 6.01. The lowest BCUT2D eigenvalue weighted by Crippen LogP contribution is -2.50. The highest BCUT2D eigenvalue weighted by Gasteiger charge is 2.73. The lowest BCUT2D eigenvalue weighted by molar-refractivity contribution is -0.348. The first-order valence-corrected chi connectivity index (χ1v) is 16.9. The molecular weight excluding hydrogens is 646 g/mol. The van der Waals surface area contributed by atoms with Crippen LogP contribution in [0.25, 0.3) is 0 Å². The van der Waals surface area contributed by atoms with E-state index in [-0.39, 0.29) is 55.0 Å². The van der Waals surface area contributed by atoms with Crippen LogP contribution in [-0.4, -0.2) is 64.6 Å². The molecule has 2 aromatic carbocycles. The number of sulfone groups is 2. The Kier molecular flexibility index (Phi) is 8.72. The molecule has 244 valence electrons. The number of alkyl halides is 7. The molecule has 44 heavy (non-hydrogen) atoms. The van der Waals surface area contributed by atoms with Crippen LogP contribution in [0.4, 0.5) is 35.1 Å². The van der Waals surface area contributed by atoms with Gasteiger partial charge in [-0.25, -0.2) is 25.6 Å². The van der Waals surface area contributed by atoms with Crippen LogP contribution in [0.15, 0.2) is 53.4 Å². The number of likely N-dealkylation sites (tertiary alicyclic amines) is 1.